The highest BCUT2D eigenvalue weighted by atomic mass is 16.6. The first-order valence-electron chi connectivity index (χ1n) is 8.38. The van der Waals surface area contributed by atoms with E-state index < -0.39 is 35.7 Å². The number of nitrogens with zero attached hydrogens (tertiary/aromatic N) is 1. The second-order valence-electron chi connectivity index (χ2n) is 7.04. The molecule has 0 aliphatic carbocycles. The molecule has 0 spiro atoms. The fourth-order valence-corrected chi connectivity index (χ4v) is 2.80. The van der Waals surface area contributed by atoms with Crippen LogP contribution in [0.2, 0.25) is 0 Å². The maximum atomic E-state index is 12.9. The van der Waals surface area contributed by atoms with Crippen molar-refractivity contribution in [1.29, 1.82) is 0 Å². The second kappa shape index (κ2) is 8.69. The lowest BCUT2D eigenvalue weighted by Gasteiger charge is -2.31. The van der Waals surface area contributed by atoms with Crippen molar-refractivity contribution in [2.75, 3.05) is 0 Å². The SMILES string of the molecule is C=CCCC(NC(=O)OC(C)(C)C)C(=O)N1[C@@H](C=C)CC[C@H]1C(=O)O. The number of alkyl carbamates (subject to hydrolysis) is 1. The molecule has 25 heavy (non-hydrogen) atoms. The minimum absolute atomic E-state index is 0.314. The first-order valence-corrected chi connectivity index (χ1v) is 8.38. The third-order valence-electron chi connectivity index (χ3n) is 3.89. The van der Waals surface area contributed by atoms with Crippen molar-refractivity contribution in [1.82, 2.24) is 10.2 Å². The third kappa shape index (κ3) is 5.92. The van der Waals surface area contributed by atoms with Gasteiger partial charge in [-0.2, -0.15) is 0 Å². The summed E-state index contributed by atoms with van der Waals surface area (Å²) in [6, 6.07) is -2.15. The molecular formula is C18H28N2O5. The molecule has 7 heteroatoms. The van der Waals surface area contributed by atoms with Gasteiger partial charge < -0.3 is 20.1 Å². The number of amides is 2. The Morgan fingerprint density at radius 2 is 1.96 bits per heavy atom. The lowest BCUT2D eigenvalue weighted by molar-refractivity contribution is -0.150. The van der Waals surface area contributed by atoms with Gasteiger partial charge in [-0.15, -0.1) is 13.2 Å². The van der Waals surface area contributed by atoms with Gasteiger partial charge in [-0.05, 0) is 46.5 Å². The summed E-state index contributed by atoms with van der Waals surface area (Å²) in [4.78, 5) is 37.8. The van der Waals surface area contributed by atoms with Crippen LogP contribution >= 0.6 is 0 Å². The van der Waals surface area contributed by atoms with Gasteiger partial charge in [-0.25, -0.2) is 9.59 Å². The predicted octanol–water partition coefficient (Wildman–Crippen LogP) is 2.48. The fourth-order valence-electron chi connectivity index (χ4n) is 2.80. The summed E-state index contributed by atoms with van der Waals surface area (Å²) in [6.07, 6.45) is 4.20. The number of hydrogen-bond donors (Lipinski definition) is 2. The summed E-state index contributed by atoms with van der Waals surface area (Å²) in [5, 5.41) is 11.9. The third-order valence-corrected chi connectivity index (χ3v) is 3.89. The van der Waals surface area contributed by atoms with Crippen LogP contribution in [0.25, 0.3) is 0 Å². The molecule has 1 aliphatic heterocycles. The van der Waals surface area contributed by atoms with Crippen LogP contribution in [0.4, 0.5) is 4.79 Å². The highest BCUT2D eigenvalue weighted by molar-refractivity contribution is 5.90. The van der Waals surface area contributed by atoms with E-state index in [1.807, 2.05) is 0 Å². The van der Waals surface area contributed by atoms with Gasteiger partial charge in [0.15, 0.2) is 0 Å². The van der Waals surface area contributed by atoms with Gasteiger partial charge in [-0.1, -0.05) is 12.2 Å². The molecule has 1 unspecified atom stereocenters. The molecule has 1 fully saturated rings. The topological polar surface area (TPSA) is 95.9 Å². The Labute approximate surface area is 148 Å². The van der Waals surface area contributed by atoms with E-state index in [2.05, 4.69) is 18.5 Å². The number of likely N-dealkylation sites (tertiary alicyclic amines) is 1. The fraction of sp³-hybridized carbons (Fsp3) is 0.611. The molecular weight excluding hydrogens is 324 g/mol. The Morgan fingerprint density at radius 1 is 1.32 bits per heavy atom. The molecule has 1 aliphatic rings. The Balaban J connectivity index is 2.97. The summed E-state index contributed by atoms with van der Waals surface area (Å²) < 4.78 is 5.21. The van der Waals surface area contributed by atoms with E-state index in [4.69, 9.17) is 4.74 Å². The van der Waals surface area contributed by atoms with Crippen LogP contribution in [-0.4, -0.2) is 51.7 Å². The monoisotopic (exact) mass is 352 g/mol. The van der Waals surface area contributed by atoms with Gasteiger partial charge in [0.1, 0.15) is 17.7 Å². The number of aliphatic carboxylic acids is 1. The number of rotatable bonds is 7. The van der Waals surface area contributed by atoms with Crippen molar-refractivity contribution in [2.24, 2.45) is 0 Å². The van der Waals surface area contributed by atoms with Crippen molar-refractivity contribution in [2.45, 2.75) is 70.2 Å². The van der Waals surface area contributed by atoms with Crippen molar-refractivity contribution >= 4 is 18.0 Å². The maximum Gasteiger partial charge on any atom is 0.408 e. The van der Waals surface area contributed by atoms with Crippen molar-refractivity contribution < 1.29 is 24.2 Å². The van der Waals surface area contributed by atoms with E-state index in [-0.39, 0.29) is 6.04 Å². The predicted molar refractivity (Wildman–Crippen MR) is 94.1 cm³/mol. The minimum atomic E-state index is -1.06. The molecule has 1 saturated heterocycles. The Morgan fingerprint density at radius 3 is 2.44 bits per heavy atom. The van der Waals surface area contributed by atoms with Crippen LogP contribution in [0, 0.1) is 0 Å². The van der Waals surface area contributed by atoms with Gasteiger partial charge in [0.05, 0.1) is 6.04 Å². The highest BCUT2D eigenvalue weighted by Gasteiger charge is 2.42. The van der Waals surface area contributed by atoms with E-state index in [0.717, 1.165) is 0 Å². The zero-order valence-corrected chi connectivity index (χ0v) is 15.2. The molecule has 0 aromatic carbocycles. The molecule has 0 aromatic heterocycles. The van der Waals surface area contributed by atoms with E-state index in [1.165, 1.54) is 4.90 Å². The zero-order valence-electron chi connectivity index (χ0n) is 15.2. The Bertz CT molecular complexity index is 538. The molecule has 2 amide bonds. The average molecular weight is 352 g/mol. The number of carboxylic acids is 1. The van der Waals surface area contributed by atoms with Crippen molar-refractivity contribution in [3.63, 3.8) is 0 Å². The number of carboxylic acid groups (broad SMARTS) is 1. The lowest BCUT2D eigenvalue weighted by atomic mass is 10.1. The summed E-state index contributed by atoms with van der Waals surface area (Å²) in [7, 11) is 0. The van der Waals surface area contributed by atoms with Crippen molar-refractivity contribution in [3.05, 3.63) is 25.3 Å². The number of carbonyl (C=O) groups is 3. The number of allylic oxidation sites excluding steroid dienone is 1. The van der Waals surface area contributed by atoms with E-state index >= 15 is 0 Å². The highest BCUT2D eigenvalue weighted by Crippen LogP contribution is 2.26. The molecule has 2 N–H and O–H groups in total. The lowest BCUT2D eigenvalue weighted by Crippen LogP contribution is -2.54. The van der Waals surface area contributed by atoms with Crippen LogP contribution in [0.3, 0.4) is 0 Å². The molecule has 0 radical (unpaired) electrons. The van der Waals surface area contributed by atoms with E-state index in [9.17, 15) is 19.5 Å². The standard InChI is InChI=1S/C18H28N2O5/c1-6-8-9-13(19-17(24)25-18(3,4)5)15(21)20-12(7-2)10-11-14(20)16(22)23/h6-7,12-14H,1-2,8-11H2,3-5H3,(H,19,24)(H,22,23)/t12-,13?,14-/m0/s1. The van der Waals surface area contributed by atoms with Crippen LogP contribution in [-0.2, 0) is 14.3 Å². The van der Waals surface area contributed by atoms with Gasteiger partial charge in [0, 0.05) is 0 Å². The Kier molecular flexibility index (Phi) is 7.21. The average Bonchev–Trinajstić information content (AvgIpc) is 2.92. The molecule has 7 nitrogen and oxygen atoms in total. The minimum Gasteiger partial charge on any atom is -0.480 e. The molecule has 0 bridgehead atoms. The van der Waals surface area contributed by atoms with Gasteiger partial charge >= 0.3 is 12.1 Å². The van der Waals surface area contributed by atoms with Crippen LogP contribution in [0.5, 0.6) is 0 Å². The first kappa shape index (κ1) is 20.7. The summed E-state index contributed by atoms with van der Waals surface area (Å²) in [6.45, 7) is 12.5. The molecule has 1 rings (SSSR count). The van der Waals surface area contributed by atoms with Gasteiger partial charge in [0.2, 0.25) is 5.91 Å². The number of nitrogens with one attached hydrogen (secondary N) is 1. The summed E-state index contributed by atoms with van der Waals surface area (Å²) in [5.74, 6) is -1.50. The largest absolute Gasteiger partial charge is 0.480 e. The van der Waals surface area contributed by atoms with Gasteiger partial charge in [0.25, 0.3) is 0 Å². The number of hydrogen-bond acceptors (Lipinski definition) is 4. The normalized spacial score (nSPS) is 21.3. The molecule has 1 heterocycles. The summed E-state index contributed by atoms with van der Waals surface area (Å²) >= 11 is 0. The number of ether oxygens (including phenoxy) is 1. The first-order chi connectivity index (χ1) is 11.6. The quantitative estimate of drug-likeness (QED) is 0.686. The smallest absolute Gasteiger partial charge is 0.408 e. The van der Waals surface area contributed by atoms with Crippen LogP contribution < -0.4 is 5.32 Å². The molecule has 3 atom stereocenters. The zero-order chi connectivity index (χ0) is 19.2. The van der Waals surface area contributed by atoms with E-state index in [0.29, 0.717) is 25.7 Å². The number of carbonyl (C=O) groups excluding carboxylic acids is 2. The van der Waals surface area contributed by atoms with E-state index in [1.54, 1.807) is 32.9 Å². The second-order valence-corrected chi connectivity index (χ2v) is 7.04. The maximum absolute atomic E-state index is 12.9. The summed E-state index contributed by atoms with van der Waals surface area (Å²) in [5.41, 5.74) is -0.697. The van der Waals surface area contributed by atoms with Crippen molar-refractivity contribution in [3.8, 4) is 0 Å². The van der Waals surface area contributed by atoms with Crippen LogP contribution in [0.15, 0.2) is 25.3 Å². The molecule has 0 aromatic rings. The molecule has 0 saturated carbocycles. The van der Waals surface area contributed by atoms with Gasteiger partial charge in [-0.3, -0.25) is 4.79 Å². The molecule has 140 valence electrons. The Hall–Kier alpha value is -2.31. The van der Waals surface area contributed by atoms with Crippen LogP contribution in [0.1, 0.15) is 46.5 Å².